The number of amidine groups is 1. The zero-order valence-electron chi connectivity index (χ0n) is 12.7. The first kappa shape index (κ1) is 15.5. The van der Waals surface area contributed by atoms with Crippen LogP contribution < -0.4 is 5.32 Å². The van der Waals surface area contributed by atoms with Gasteiger partial charge < -0.3 is 19.7 Å². The van der Waals surface area contributed by atoms with E-state index in [0.717, 1.165) is 16.5 Å². The number of carbonyl (C=O) groups excluding carboxylic acids is 2. The molecule has 0 spiro atoms. The van der Waals surface area contributed by atoms with Gasteiger partial charge in [-0.3, -0.25) is 4.99 Å². The molecule has 1 aromatic rings. The number of rotatable bonds is 3. The number of thiazole rings is 1. The maximum absolute atomic E-state index is 12.0. The molecule has 1 aromatic heterocycles. The van der Waals surface area contributed by atoms with Crippen molar-refractivity contribution in [2.75, 3.05) is 27.3 Å². The fourth-order valence-electron chi connectivity index (χ4n) is 2.71. The SMILES string of the molecule is COC(=O)NC1CC2=C(C(=O)OC)CN=C(c3nccs3)N2C1. The van der Waals surface area contributed by atoms with Crippen molar-refractivity contribution in [3.63, 3.8) is 0 Å². The number of hydrogen-bond acceptors (Lipinski definition) is 8. The summed E-state index contributed by atoms with van der Waals surface area (Å²) in [5, 5.41) is 5.42. The summed E-state index contributed by atoms with van der Waals surface area (Å²) in [6.07, 6.45) is 1.73. The van der Waals surface area contributed by atoms with Gasteiger partial charge in [-0.05, 0) is 0 Å². The van der Waals surface area contributed by atoms with Crippen molar-refractivity contribution < 1.29 is 19.1 Å². The lowest BCUT2D eigenvalue weighted by molar-refractivity contribution is -0.136. The van der Waals surface area contributed by atoms with E-state index in [1.807, 2.05) is 10.3 Å². The Bertz CT molecular complexity index is 683. The van der Waals surface area contributed by atoms with Crippen LogP contribution in [0.25, 0.3) is 0 Å². The van der Waals surface area contributed by atoms with Crippen LogP contribution in [0.3, 0.4) is 0 Å². The molecule has 3 heterocycles. The second-order valence-corrected chi connectivity index (χ2v) is 5.94. The van der Waals surface area contributed by atoms with Gasteiger partial charge in [-0.1, -0.05) is 0 Å². The topological polar surface area (TPSA) is 93.1 Å². The zero-order valence-corrected chi connectivity index (χ0v) is 13.6. The molecule has 2 aliphatic rings. The summed E-state index contributed by atoms with van der Waals surface area (Å²) in [6, 6.07) is -0.166. The smallest absolute Gasteiger partial charge is 0.407 e. The fourth-order valence-corrected chi connectivity index (χ4v) is 3.37. The molecule has 1 amide bonds. The third kappa shape index (κ3) is 2.91. The first-order valence-electron chi connectivity index (χ1n) is 7.00. The van der Waals surface area contributed by atoms with E-state index in [0.29, 0.717) is 18.5 Å². The van der Waals surface area contributed by atoms with E-state index in [-0.39, 0.29) is 12.6 Å². The maximum Gasteiger partial charge on any atom is 0.407 e. The van der Waals surface area contributed by atoms with Gasteiger partial charge in [0.25, 0.3) is 0 Å². The van der Waals surface area contributed by atoms with Gasteiger partial charge in [0.2, 0.25) is 0 Å². The van der Waals surface area contributed by atoms with Crippen LogP contribution in [0.4, 0.5) is 4.79 Å². The minimum absolute atomic E-state index is 0.166. The lowest BCUT2D eigenvalue weighted by Gasteiger charge is -2.26. The zero-order chi connectivity index (χ0) is 16.4. The van der Waals surface area contributed by atoms with Crippen molar-refractivity contribution in [3.8, 4) is 0 Å². The van der Waals surface area contributed by atoms with Gasteiger partial charge >= 0.3 is 12.1 Å². The number of carbonyl (C=O) groups is 2. The predicted octanol–water partition coefficient (Wildman–Crippen LogP) is 0.761. The van der Waals surface area contributed by atoms with Crippen molar-refractivity contribution in [1.82, 2.24) is 15.2 Å². The molecule has 2 aliphatic heterocycles. The maximum atomic E-state index is 12.0. The molecule has 0 aromatic carbocycles. The number of aromatic nitrogens is 1. The number of alkyl carbamates (subject to hydrolysis) is 1. The Kier molecular flexibility index (Phi) is 4.28. The van der Waals surface area contributed by atoms with Gasteiger partial charge in [0.05, 0.1) is 32.4 Å². The van der Waals surface area contributed by atoms with Crippen LogP contribution >= 0.6 is 11.3 Å². The van der Waals surface area contributed by atoms with Crippen molar-refractivity contribution in [2.45, 2.75) is 12.5 Å². The molecule has 1 fully saturated rings. The minimum atomic E-state index is -0.497. The standard InChI is InChI=1S/C14H16N4O4S/c1-21-13(19)9-6-16-11(12-15-3-4-23-12)18-7-8(5-10(9)18)17-14(20)22-2/h3-4,8H,5-7H2,1-2H3,(H,17,20). The molecule has 1 atom stereocenters. The molecule has 3 rings (SSSR count). The van der Waals surface area contributed by atoms with Crippen molar-refractivity contribution in [3.05, 3.63) is 27.9 Å². The molecule has 1 unspecified atom stereocenters. The Balaban J connectivity index is 1.91. The Morgan fingerprint density at radius 3 is 2.87 bits per heavy atom. The monoisotopic (exact) mass is 336 g/mol. The normalized spacial score (nSPS) is 20.0. The average Bonchev–Trinajstić information content (AvgIpc) is 3.22. The van der Waals surface area contributed by atoms with Crippen LogP contribution in [-0.4, -0.2) is 61.1 Å². The molecule has 23 heavy (non-hydrogen) atoms. The molecule has 9 heteroatoms. The third-order valence-electron chi connectivity index (χ3n) is 3.72. The molecule has 0 radical (unpaired) electrons. The quantitative estimate of drug-likeness (QED) is 0.819. The van der Waals surface area contributed by atoms with Crippen molar-refractivity contribution >= 4 is 29.2 Å². The van der Waals surface area contributed by atoms with Crippen molar-refractivity contribution in [2.24, 2.45) is 4.99 Å². The van der Waals surface area contributed by atoms with E-state index in [9.17, 15) is 9.59 Å². The lowest BCUT2D eigenvalue weighted by Crippen LogP contribution is -2.39. The van der Waals surface area contributed by atoms with Crippen LogP contribution in [0, 0.1) is 0 Å². The summed E-state index contributed by atoms with van der Waals surface area (Å²) in [5.74, 6) is 0.322. The van der Waals surface area contributed by atoms with E-state index in [1.54, 1.807) is 6.20 Å². The molecular weight excluding hydrogens is 320 g/mol. The largest absolute Gasteiger partial charge is 0.466 e. The van der Waals surface area contributed by atoms with Gasteiger partial charge in [0.15, 0.2) is 10.8 Å². The number of amides is 1. The summed E-state index contributed by atoms with van der Waals surface area (Å²) in [6.45, 7) is 0.752. The number of esters is 1. The highest BCUT2D eigenvalue weighted by molar-refractivity contribution is 7.11. The van der Waals surface area contributed by atoms with E-state index < -0.39 is 12.1 Å². The number of fused-ring (bicyclic) bond motifs is 1. The molecule has 1 N–H and O–H groups in total. The van der Waals surface area contributed by atoms with E-state index in [4.69, 9.17) is 4.74 Å². The molecule has 0 saturated carbocycles. The number of nitrogens with zero attached hydrogens (tertiary/aromatic N) is 3. The van der Waals surface area contributed by atoms with E-state index in [1.165, 1.54) is 25.6 Å². The molecule has 1 saturated heterocycles. The van der Waals surface area contributed by atoms with Crippen LogP contribution in [-0.2, 0) is 14.3 Å². The second-order valence-electron chi connectivity index (χ2n) is 5.04. The predicted molar refractivity (Wildman–Crippen MR) is 83.2 cm³/mol. The van der Waals surface area contributed by atoms with E-state index >= 15 is 0 Å². The molecule has 0 aliphatic carbocycles. The second kappa shape index (κ2) is 6.37. The molecular formula is C14H16N4O4S. The fraction of sp³-hybridized carbons (Fsp3) is 0.429. The highest BCUT2D eigenvalue weighted by atomic mass is 32.1. The third-order valence-corrected chi connectivity index (χ3v) is 4.49. The van der Waals surface area contributed by atoms with Gasteiger partial charge in [-0.15, -0.1) is 11.3 Å². The minimum Gasteiger partial charge on any atom is -0.466 e. The summed E-state index contributed by atoms with van der Waals surface area (Å²) in [7, 11) is 2.67. The summed E-state index contributed by atoms with van der Waals surface area (Å²) in [4.78, 5) is 34.1. The first-order valence-corrected chi connectivity index (χ1v) is 7.88. The van der Waals surface area contributed by atoms with E-state index in [2.05, 4.69) is 20.0 Å². The summed E-state index contributed by atoms with van der Waals surface area (Å²) in [5.41, 5.74) is 1.33. The summed E-state index contributed by atoms with van der Waals surface area (Å²) < 4.78 is 9.49. The average molecular weight is 336 g/mol. The Morgan fingerprint density at radius 1 is 1.39 bits per heavy atom. The number of aliphatic imine (C=N–C) groups is 1. The Hall–Kier alpha value is -2.42. The van der Waals surface area contributed by atoms with Gasteiger partial charge in [0.1, 0.15) is 0 Å². The number of hydrogen-bond donors (Lipinski definition) is 1. The van der Waals surface area contributed by atoms with Gasteiger partial charge in [-0.2, -0.15) is 0 Å². The molecule has 8 nitrogen and oxygen atoms in total. The van der Waals surface area contributed by atoms with Gasteiger partial charge in [0, 0.05) is 30.2 Å². The molecule has 122 valence electrons. The Morgan fingerprint density at radius 2 is 2.22 bits per heavy atom. The first-order chi connectivity index (χ1) is 11.1. The van der Waals surface area contributed by atoms with Crippen LogP contribution in [0.2, 0.25) is 0 Å². The number of nitrogens with one attached hydrogen (secondary N) is 1. The highest BCUT2D eigenvalue weighted by Crippen LogP contribution is 2.31. The Labute approximate surface area is 136 Å². The van der Waals surface area contributed by atoms with Crippen LogP contribution in [0.1, 0.15) is 11.4 Å². The highest BCUT2D eigenvalue weighted by Gasteiger charge is 2.38. The number of ether oxygens (including phenoxy) is 2. The molecule has 0 bridgehead atoms. The van der Waals surface area contributed by atoms with Crippen LogP contribution in [0.15, 0.2) is 27.8 Å². The number of methoxy groups -OCH3 is 2. The van der Waals surface area contributed by atoms with Crippen molar-refractivity contribution in [1.29, 1.82) is 0 Å². The summed E-state index contributed by atoms with van der Waals surface area (Å²) >= 11 is 1.48. The van der Waals surface area contributed by atoms with Gasteiger partial charge in [-0.25, -0.2) is 14.6 Å². The van der Waals surface area contributed by atoms with Crippen LogP contribution in [0.5, 0.6) is 0 Å². The lowest BCUT2D eigenvalue weighted by atomic mass is 10.1.